The van der Waals surface area contributed by atoms with E-state index >= 15 is 0 Å². The van der Waals surface area contributed by atoms with Gasteiger partial charge in [-0.1, -0.05) is 12.1 Å². The van der Waals surface area contributed by atoms with Crippen molar-refractivity contribution in [2.24, 2.45) is 0 Å². The molecular formula is C21H23F2N3O4S2. The number of piperazine rings is 1. The Kier molecular flexibility index (Phi) is 6.59. The van der Waals surface area contributed by atoms with Crippen LogP contribution in [-0.4, -0.2) is 73.1 Å². The third-order valence-corrected chi connectivity index (χ3v) is 8.66. The largest absolute Gasteiger partial charge is 0.338 e. The summed E-state index contributed by atoms with van der Waals surface area (Å²) in [6.07, 6.45) is 2.20. The molecule has 1 aromatic carbocycles. The third kappa shape index (κ3) is 4.28. The van der Waals surface area contributed by atoms with Crippen LogP contribution in [0.2, 0.25) is 0 Å². The van der Waals surface area contributed by atoms with E-state index in [0.717, 1.165) is 35.3 Å². The van der Waals surface area contributed by atoms with Crippen molar-refractivity contribution in [3.8, 4) is 0 Å². The molecule has 2 saturated heterocycles. The van der Waals surface area contributed by atoms with Gasteiger partial charge in [0, 0.05) is 32.7 Å². The summed E-state index contributed by atoms with van der Waals surface area (Å²) >= 11 is 1.33. The van der Waals surface area contributed by atoms with Crippen LogP contribution in [0.1, 0.15) is 28.9 Å². The average Bonchev–Trinajstić information content (AvgIpc) is 3.33. The number of carbonyl (C=O) groups is 2. The number of amides is 2. The molecule has 2 aliphatic heterocycles. The van der Waals surface area contributed by atoms with E-state index in [1.165, 1.54) is 16.2 Å². The van der Waals surface area contributed by atoms with Crippen LogP contribution in [0, 0.1) is 11.6 Å². The first-order valence-corrected chi connectivity index (χ1v) is 12.7. The zero-order valence-corrected chi connectivity index (χ0v) is 18.9. The van der Waals surface area contributed by atoms with Crippen LogP contribution in [0.25, 0.3) is 0 Å². The first-order chi connectivity index (χ1) is 15.3. The number of rotatable bonds is 4. The lowest BCUT2D eigenvalue weighted by molar-refractivity contribution is -0.138. The van der Waals surface area contributed by atoms with Crippen molar-refractivity contribution < 1.29 is 26.8 Å². The second-order valence-electron chi connectivity index (χ2n) is 7.77. The van der Waals surface area contributed by atoms with Gasteiger partial charge in [0.1, 0.15) is 17.7 Å². The van der Waals surface area contributed by atoms with Crippen molar-refractivity contribution in [2.75, 3.05) is 32.7 Å². The highest BCUT2D eigenvalue weighted by Gasteiger charge is 2.39. The molecule has 172 valence electrons. The second kappa shape index (κ2) is 9.24. The lowest BCUT2D eigenvalue weighted by atomic mass is 10.00. The monoisotopic (exact) mass is 483 g/mol. The molecule has 0 bridgehead atoms. The molecule has 0 radical (unpaired) electrons. The summed E-state index contributed by atoms with van der Waals surface area (Å²) in [5, 5.41) is 1.81. The Balaban J connectivity index is 1.45. The predicted molar refractivity (Wildman–Crippen MR) is 115 cm³/mol. The standard InChI is InChI=1S/C21H23F2N3O4S2/c22-15-5-3-6-16(23)19(15)32(29,30)25-12-10-24(11-13-25)20(27)17-7-1-2-9-26(17)21(28)18-8-4-14-31-18/h3-6,8,14,17H,1-2,7,9-13H2. The summed E-state index contributed by atoms with van der Waals surface area (Å²) in [4.78, 5) is 28.8. The molecule has 0 saturated carbocycles. The van der Waals surface area contributed by atoms with Gasteiger partial charge in [0.05, 0.1) is 4.88 Å². The van der Waals surface area contributed by atoms with Gasteiger partial charge in [-0.15, -0.1) is 11.3 Å². The summed E-state index contributed by atoms with van der Waals surface area (Å²) in [7, 11) is -4.37. The quantitative estimate of drug-likeness (QED) is 0.670. The molecule has 7 nitrogen and oxygen atoms in total. The highest BCUT2D eigenvalue weighted by molar-refractivity contribution is 7.89. The molecule has 0 aliphatic carbocycles. The number of piperidine rings is 1. The van der Waals surface area contributed by atoms with Gasteiger partial charge in [0.25, 0.3) is 5.91 Å². The molecule has 2 fully saturated rings. The Morgan fingerprint density at radius 1 is 0.938 bits per heavy atom. The molecule has 1 atom stereocenters. The molecule has 2 aromatic rings. The van der Waals surface area contributed by atoms with Crippen LogP contribution in [0.5, 0.6) is 0 Å². The number of sulfonamides is 1. The molecule has 11 heteroatoms. The fraction of sp³-hybridized carbons (Fsp3) is 0.429. The minimum atomic E-state index is -4.37. The summed E-state index contributed by atoms with van der Waals surface area (Å²) in [6, 6.07) is 5.83. The fourth-order valence-corrected chi connectivity index (χ4v) is 6.40. The first-order valence-electron chi connectivity index (χ1n) is 10.4. The van der Waals surface area contributed by atoms with Gasteiger partial charge >= 0.3 is 0 Å². The maximum atomic E-state index is 14.0. The Morgan fingerprint density at radius 3 is 2.25 bits per heavy atom. The van der Waals surface area contributed by atoms with Crippen LogP contribution >= 0.6 is 11.3 Å². The second-order valence-corrected chi connectivity index (χ2v) is 10.6. The summed E-state index contributed by atoms with van der Waals surface area (Å²) in [5.41, 5.74) is 0. The van der Waals surface area contributed by atoms with Gasteiger partial charge in [-0.3, -0.25) is 9.59 Å². The topological polar surface area (TPSA) is 78.0 Å². The molecule has 0 N–H and O–H groups in total. The SMILES string of the molecule is O=C(C1CCCCN1C(=O)c1cccs1)N1CCN(S(=O)(=O)c2c(F)cccc2F)CC1. The maximum Gasteiger partial charge on any atom is 0.264 e. The van der Waals surface area contributed by atoms with Crippen molar-refractivity contribution in [3.05, 3.63) is 52.2 Å². The minimum Gasteiger partial charge on any atom is -0.338 e. The van der Waals surface area contributed by atoms with Crippen LogP contribution in [0.15, 0.2) is 40.6 Å². The van der Waals surface area contributed by atoms with Crippen LogP contribution < -0.4 is 0 Å². The number of likely N-dealkylation sites (tertiary alicyclic amines) is 1. The highest BCUT2D eigenvalue weighted by Crippen LogP contribution is 2.26. The molecule has 32 heavy (non-hydrogen) atoms. The summed E-state index contributed by atoms with van der Waals surface area (Å²) in [5.74, 6) is -2.68. The Bertz CT molecular complexity index is 1080. The van der Waals surface area contributed by atoms with Crippen LogP contribution in [0.4, 0.5) is 8.78 Å². The van der Waals surface area contributed by atoms with E-state index in [1.54, 1.807) is 17.0 Å². The highest BCUT2D eigenvalue weighted by atomic mass is 32.2. The number of carbonyl (C=O) groups excluding carboxylic acids is 2. The Labute approximate surface area is 189 Å². The van der Waals surface area contributed by atoms with E-state index in [9.17, 15) is 26.8 Å². The summed E-state index contributed by atoms with van der Waals surface area (Å²) in [6.45, 7) is 0.520. The zero-order valence-electron chi connectivity index (χ0n) is 17.2. The van der Waals surface area contributed by atoms with Crippen molar-refractivity contribution in [2.45, 2.75) is 30.2 Å². The normalized spacial score (nSPS) is 20.4. The minimum absolute atomic E-state index is 0.0760. The number of halogens is 2. The molecule has 4 rings (SSSR count). The summed E-state index contributed by atoms with van der Waals surface area (Å²) < 4.78 is 54.6. The number of nitrogens with zero attached hydrogens (tertiary/aromatic N) is 3. The van der Waals surface area contributed by atoms with Gasteiger partial charge < -0.3 is 9.80 Å². The van der Waals surface area contributed by atoms with Crippen molar-refractivity contribution in [1.82, 2.24) is 14.1 Å². The first kappa shape index (κ1) is 22.8. The number of hydrogen-bond acceptors (Lipinski definition) is 5. The number of hydrogen-bond donors (Lipinski definition) is 0. The van der Waals surface area contributed by atoms with Gasteiger partial charge in [0.15, 0.2) is 4.90 Å². The van der Waals surface area contributed by atoms with E-state index in [-0.39, 0.29) is 38.0 Å². The molecule has 3 heterocycles. The van der Waals surface area contributed by atoms with Crippen LogP contribution in [0.3, 0.4) is 0 Å². The van der Waals surface area contributed by atoms with E-state index < -0.39 is 32.6 Å². The average molecular weight is 484 g/mol. The number of thiophene rings is 1. The molecule has 1 aromatic heterocycles. The van der Waals surface area contributed by atoms with E-state index in [0.29, 0.717) is 17.8 Å². The molecule has 1 unspecified atom stereocenters. The van der Waals surface area contributed by atoms with Crippen molar-refractivity contribution in [3.63, 3.8) is 0 Å². The van der Waals surface area contributed by atoms with Gasteiger partial charge in [-0.2, -0.15) is 4.31 Å². The van der Waals surface area contributed by atoms with Gasteiger partial charge in [0.2, 0.25) is 15.9 Å². The van der Waals surface area contributed by atoms with Gasteiger partial charge in [-0.05, 0) is 42.8 Å². The third-order valence-electron chi connectivity index (χ3n) is 5.85. The molecule has 2 aliphatic rings. The van der Waals surface area contributed by atoms with Gasteiger partial charge in [-0.25, -0.2) is 17.2 Å². The van der Waals surface area contributed by atoms with E-state index in [2.05, 4.69) is 0 Å². The Hall–Kier alpha value is -2.37. The lowest BCUT2D eigenvalue weighted by Gasteiger charge is -2.40. The molecule has 0 spiro atoms. The molecular weight excluding hydrogens is 460 g/mol. The fourth-order valence-electron chi connectivity index (χ4n) is 4.19. The number of benzene rings is 1. The Morgan fingerprint density at radius 2 is 1.62 bits per heavy atom. The van der Waals surface area contributed by atoms with E-state index in [1.807, 2.05) is 5.38 Å². The maximum absolute atomic E-state index is 14.0. The smallest absolute Gasteiger partial charge is 0.264 e. The molecule has 2 amide bonds. The van der Waals surface area contributed by atoms with Crippen molar-refractivity contribution >= 4 is 33.2 Å². The lowest BCUT2D eigenvalue weighted by Crippen LogP contribution is -2.57. The van der Waals surface area contributed by atoms with Crippen molar-refractivity contribution in [1.29, 1.82) is 0 Å². The van der Waals surface area contributed by atoms with Crippen LogP contribution in [-0.2, 0) is 14.8 Å². The predicted octanol–water partition coefficient (Wildman–Crippen LogP) is 2.55. The van der Waals surface area contributed by atoms with E-state index in [4.69, 9.17) is 0 Å². The zero-order chi connectivity index (χ0) is 22.9.